The number of methoxy groups -OCH3 is 1. The van der Waals surface area contributed by atoms with Gasteiger partial charge in [-0.1, -0.05) is 6.07 Å². The van der Waals surface area contributed by atoms with Crippen molar-refractivity contribution < 1.29 is 9.84 Å². The lowest BCUT2D eigenvalue weighted by Crippen LogP contribution is -2.14. The molecule has 2 rings (SSSR count). The van der Waals surface area contributed by atoms with Crippen LogP contribution in [0.1, 0.15) is 0 Å². The first-order chi connectivity index (χ1) is 8.13. The van der Waals surface area contributed by atoms with Gasteiger partial charge < -0.3 is 14.4 Å². The number of aryl methyl sites for hydroxylation is 1. The van der Waals surface area contributed by atoms with E-state index >= 15 is 0 Å². The zero-order valence-corrected chi connectivity index (χ0v) is 9.68. The van der Waals surface area contributed by atoms with Gasteiger partial charge in [0.15, 0.2) is 0 Å². The fourth-order valence-corrected chi connectivity index (χ4v) is 1.68. The molecule has 0 atom stereocenters. The average molecular weight is 231 g/mol. The zero-order valence-electron chi connectivity index (χ0n) is 9.68. The Kier molecular flexibility index (Phi) is 2.87. The largest absolute Gasteiger partial charge is 0.507 e. The summed E-state index contributed by atoms with van der Waals surface area (Å²) in [6, 6.07) is 8.23. The average Bonchev–Trinajstić information content (AvgIpc) is 2.32. The number of rotatable bonds is 2. The summed E-state index contributed by atoms with van der Waals surface area (Å²) in [5.41, 5.74) is 1.04. The molecule has 0 fully saturated rings. The number of phenolic OH excluding ortho intramolecular Hbond substituents is 1. The van der Waals surface area contributed by atoms with Crippen molar-refractivity contribution >= 4 is 0 Å². The summed E-state index contributed by atoms with van der Waals surface area (Å²) in [7, 11) is 3.20. The van der Waals surface area contributed by atoms with Crippen LogP contribution in [0.5, 0.6) is 11.5 Å². The van der Waals surface area contributed by atoms with Gasteiger partial charge in [-0.3, -0.25) is 4.79 Å². The van der Waals surface area contributed by atoms with Crippen LogP contribution in [-0.2, 0) is 7.05 Å². The van der Waals surface area contributed by atoms with Gasteiger partial charge >= 0.3 is 0 Å². The van der Waals surface area contributed by atoms with E-state index in [1.54, 1.807) is 37.5 Å². The number of ether oxygens (including phenoxy) is 1. The van der Waals surface area contributed by atoms with Crippen molar-refractivity contribution in [2.45, 2.75) is 0 Å². The number of aromatic nitrogens is 1. The Bertz CT molecular complexity index is 602. The maximum Gasteiger partial charge on any atom is 0.250 e. The van der Waals surface area contributed by atoms with Crippen molar-refractivity contribution in [3.8, 4) is 22.6 Å². The van der Waals surface area contributed by atoms with Crippen molar-refractivity contribution in [2.24, 2.45) is 7.05 Å². The number of aromatic hydroxyl groups is 1. The first kappa shape index (κ1) is 11.3. The molecule has 2 aromatic rings. The van der Waals surface area contributed by atoms with Gasteiger partial charge in [-0.25, -0.2) is 0 Å². The standard InChI is InChI=1S/C13H13NO3/c1-14-7-6-9(8-12(14)16)13-10(15)4-3-5-11(13)17-2/h3-8,15H,1-2H3. The van der Waals surface area contributed by atoms with E-state index in [1.165, 1.54) is 17.7 Å². The Hall–Kier alpha value is -2.23. The Labute approximate surface area is 98.7 Å². The molecule has 4 nitrogen and oxygen atoms in total. The minimum absolute atomic E-state index is 0.0950. The van der Waals surface area contributed by atoms with E-state index in [0.29, 0.717) is 16.9 Å². The summed E-state index contributed by atoms with van der Waals surface area (Å²) < 4.78 is 6.65. The lowest BCUT2D eigenvalue weighted by molar-refractivity contribution is 0.410. The molecule has 0 unspecified atom stereocenters. The van der Waals surface area contributed by atoms with E-state index in [-0.39, 0.29) is 11.3 Å². The maximum atomic E-state index is 11.6. The van der Waals surface area contributed by atoms with Crippen LogP contribution < -0.4 is 10.3 Å². The number of hydrogen-bond donors (Lipinski definition) is 1. The fourth-order valence-electron chi connectivity index (χ4n) is 1.68. The van der Waals surface area contributed by atoms with E-state index in [2.05, 4.69) is 0 Å². The van der Waals surface area contributed by atoms with Gasteiger partial charge in [0.05, 0.1) is 12.7 Å². The molecular formula is C13H13NO3. The van der Waals surface area contributed by atoms with Crippen LogP contribution in [0, 0.1) is 0 Å². The lowest BCUT2D eigenvalue weighted by atomic mass is 10.0. The molecule has 0 aliphatic carbocycles. The summed E-state index contributed by atoms with van der Waals surface area (Å²) >= 11 is 0. The smallest absolute Gasteiger partial charge is 0.250 e. The molecule has 1 N–H and O–H groups in total. The molecule has 1 aromatic heterocycles. The fraction of sp³-hybridized carbons (Fsp3) is 0.154. The molecule has 0 spiro atoms. The number of nitrogens with zero attached hydrogens (tertiary/aromatic N) is 1. The molecular weight excluding hydrogens is 218 g/mol. The quantitative estimate of drug-likeness (QED) is 0.856. The number of phenols is 1. The van der Waals surface area contributed by atoms with Crippen LogP contribution in [0.2, 0.25) is 0 Å². The van der Waals surface area contributed by atoms with Crippen LogP contribution in [0.4, 0.5) is 0 Å². The lowest BCUT2D eigenvalue weighted by Gasteiger charge is -2.10. The summed E-state index contributed by atoms with van der Waals surface area (Å²) in [6.07, 6.45) is 1.66. The van der Waals surface area contributed by atoms with Gasteiger partial charge in [0.2, 0.25) is 0 Å². The number of pyridine rings is 1. The molecule has 0 saturated carbocycles. The molecule has 0 amide bonds. The first-order valence-electron chi connectivity index (χ1n) is 5.16. The number of hydrogen-bond acceptors (Lipinski definition) is 3. The highest BCUT2D eigenvalue weighted by atomic mass is 16.5. The summed E-state index contributed by atoms with van der Waals surface area (Å²) in [4.78, 5) is 11.6. The van der Waals surface area contributed by atoms with E-state index in [0.717, 1.165) is 0 Å². The SMILES string of the molecule is COc1cccc(O)c1-c1ccn(C)c(=O)c1. The van der Waals surface area contributed by atoms with Gasteiger partial charge in [0.25, 0.3) is 5.56 Å². The van der Waals surface area contributed by atoms with Crippen molar-refractivity contribution in [3.63, 3.8) is 0 Å². The minimum Gasteiger partial charge on any atom is -0.507 e. The highest BCUT2D eigenvalue weighted by Gasteiger charge is 2.11. The number of benzene rings is 1. The zero-order chi connectivity index (χ0) is 12.4. The highest BCUT2D eigenvalue weighted by Crippen LogP contribution is 2.36. The van der Waals surface area contributed by atoms with E-state index in [4.69, 9.17) is 4.74 Å². The summed E-state index contributed by atoms with van der Waals surface area (Å²) in [5.74, 6) is 0.635. The molecule has 4 heteroatoms. The van der Waals surface area contributed by atoms with Crippen LogP contribution in [-0.4, -0.2) is 16.8 Å². The third kappa shape index (κ3) is 2.01. The monoisotopic (exact) mass is 231 g/mol. The summed E-state index contributed by atoms with van der Waals surface area (Å²) in [6.45, 7) is 0. The second kappa shape index (κ2) is 4.33. The molecule has 1 aromatic carbocycles. The third-order valence-corrected chi connectivity index (χ3v) is 2.62. The van der Waals surface area contributed by atoms with Crippen LogP contribution >= 0.6 is 0 Å². The van der Waals surface area contributed by atoms with E-state index in [9.17, 15) is 9.90 Å². The predicted molar refractivity (Wildman–Crippen MR) is 65.3 cm³/mol. The van der Waals surface area contributed by atoms with Crippen LogP contribution in [0.3, 0.4) is 0 Å². The minimum atomic E-state index is -0.132. The highest BCUT2D eigenvalue weighted by molar-refractivity contribution is 5.76. The van der Waals surface area contributed by atoms with Gasteiger partial charge in [-0.05, 0) is 23.8 Å². The summed E-state index contributed by atoms with van der Waals surface area (Å²) in [5, 5.41) is 9.85. The molecule has 0 saturated heterocycles. The molecule has 88 valence electrons. The molecule has 0 aliphatic rings. The second-order valence-electron chi connectivity index (χ2n) is 3.72. The topological polar surface area (TPSA) is 51.5 Å². The van der Waals surface area contributed by atoms with Crippen molar-refractivity contribution in [1.29, 1.82) is 0 Å². The molecule has 0 bridgehead atoms. The van der Waals surface area contributed by atoms with Crippen LogP contribution in [0.15, 0.2) is 41.3 Å². The molecule has 17 heavy (non-hydrogen) atoms. The van der Waals surface area contributed by atoms with Crippen molar-refractivity contribution in [1.82, 2.24) is 4.57 Å². The van der Waals surface area contributed by atoms with E-state index in [1.807, 2.05) is 0 Å². The Morgan fingerprint density at radius 1 is 1.29 bits per heavy atom. The normalized spacial score (nSPS) is 10.2. The van der Waals surface area contributed by atoms with Gasteiger partial charge in [0.1, 0.15) is 11.5 Å². The predicted octanol–water partition coefficient (Wildman–Crippen LogP) is 1.77. The Balaban J connectivity index is 2.67. The first-order valence-corrected chi connectivity index (χ1v) is 5.16. The molecule has 0 radical (unpaired) electrons. The van der Waals surface area contributed by atoms with E-state index < -0.39 is 0 Å². The molecule has 0 aliphatic heterocycles. The van der Waals surface area contributed by atoms with Gasteiger partial charge in [0, 0.05) is 19.3 Å². The Morgan fingerprint density at radius 2 is 2.06 bits per heavy atom. The second-order valence-corrected chi connectivity index (χ2v) is 3.72. The third-order valence-electron chi connectivity index (χ3n) is 2.62. The Morgan fingerprint density at radius 3 is 2.71 bits per heavy atom. The van der Waals surface area contributed by atoms with Gasteiger partial charge in [-0.2, -0.15) is 0 Å². The molecule has 1 heterocycles. The maximum absolute atomic E-state index is 11.6. The van der Waals surface area contributed by atoms with Crippen molar-refractivity contribution in [3.05, 3.63) is 46.9 Å². The van der Waals surface area contributed by atoms with Gasteiger partial charge in [-0.15, -0.1) is 0 Å². The van der Waals surface area contributed by atoms with Crippen molar-refractivity contribution in [2.75, 3.05) is 7.11 Å². The van der Waals surface area contributed by atoms with Crippen LogP contribution in [0.25, 0.3) is 11.1 Å².